The fourth-order valence-electron chi connectivity index (χ4n) is 3.38. The molecule has 3 aromatic rings. The van der Waals surface area contributed by atoms with Crippen LogP contribution < -0.4 is 0 Å². The Morgan fingerprint density at radius 1 is 1.23 bits per heavy atom. The van der Waals surface area contributed by atoms with Gasteiger partial charge in [0.2, 0.25) is 5.91 Å². The predicted octanol–water partition coefficient (Wildman–Crippen LogP) is 3.81. The monoisotopic (exact) mass is 342 g/mol. The molecule has 1 fully saturated rings. The van der Waals surface area contributed by atoms with Gasteiger partial charge in [0, 0.05) is 12.6 Å². The maximum atomic E-state index is 12.7. The molecule has 1 aromatic heterocycles. The lowest BCUT2D eigenvalue weighted by atomic mass is 10.1. The summed E-state index contributed by atoms with van der Waals surface area (Å²) in [6.07, 6.45) is 5.27. The van der Waals surface area contributed by atoms with Gasteiger partial charge in [0.25, 0.3) is 0 Å². The third-order valence-electron chi connectivity index (χ3n) is 4.72. The smallest absolute Gasteiger partial charge is 0.247 e. The van der Waals surface area contributed by atoms with Gasteiger partial charge in [-0.25, -0.2) is 4.98 Å². The molecular formula is C21H18N4O. The number of imidazole rings is 1. The highest BCUT2D eigenvalue weighted by Crippen LogP contribution is 2.31. The van der Waals surface area contributed by atoms with E-state index in [0.717, 1.165) is 41.8 Å². The van der Waals surface area contributed by atoms with Gasteiger partial charge in [-0.2, -0.15) is 5.26 Å². The van der Waals surface area contributed by atoms with E-state index in [1.54, 1.807) is 24.3 Å². The Labute approximate surface area is 151 Å². The number of nitrogens with zero attached hydrogens (tertiary/aromatic N) is 3. The third kappa shape index (κ3) is 3.09. The van der Waals surface area contributed by atoms with Crippen LogP contribution in [0, 0.1) is 11.3 Å². The summed E-state index contributed by atoms with van der Waals surface area (Å²) < 4.78 is 0. The fraction of sp³-hybridized carbons (Fsp3) is 0.190. The van der Waals surface area contributed by atoms with Crippen LogP contribution in [-0.2, 0) is 4.79 Å². The topological polar surface area (TPSA) is 72.8 Å². The van der Waals surface area contributed by atoms with E-state index in [9.17, 15) is 4.79 Å². The molecule has 128 valence electrons. The van der Waals surface area contributed by atoms with Gasteiger partial charge in [-0.15, -0.1) is 0 Å². The summed E-state index contributed by atoms with van der Waals surface area (Å²) in [7, 11) is 0. The zero-order valence-electron chi connectivity index (χ0n) is 14.2. The zero-order valence-corrected chi connectivity index (χ0v) is 14.2. The molecule has 1 N–H and O–H groups in total. The normalized spacial score (nSPS) is 17.0. The first-order valence-electron chi connectivity index (χ1n) is 8.68. The van der Waals surface area contributed by atoms with Crippen molar-refractivity contribution in [1.82, 2.24) is 14.9 Å². The number of hydrogen-bond donors (Lipinski definition) is 1. The molecule has 0 spiro atoms. The van der Waals surface area contributed by atoms with Crippen LogP contribution in [0.1, 0.15) is 35.8 Å². The largest absolute Gasteiger partial charge is 0.340 e. The molecule has 0 aliphatic carbocycles. The molecule has 1 saturated heterocycles. The van der Waals surface area contributed by atoms with Crippen molar-refractivity contribution in [3.05, 3.63) is 71.6 Å². The number of aromatic nitrogens is 2. The van der Waals surface area contributed by atoms with Gasteiger partial charge in [0.1, 0.15) is 5.82 Å². The summed E-state index contributed by atoms with van der Waals surface area (Å²) in [4.78, 5) is 22.6. The second kappa shape index (κ2) is 6.85. The minimum atomic E-state index is -0.0164. The van der Waals surface area contributed by atoms with Crippen molar-refractivity contribution in [2.45, 2.75) is 18.9 Å². The minimum Gasteiger partial charge on any atom is -0.340 e. The first-order valence-corrected chi connectivity index (χ1v) is 8.68. The van der Waals surface area contributed by atoms with E-state index in [-0.39, 0.29) is 11.9 Å². The molecule has 1 amide bonds. The third-order valence-corrected chi connectivity index (χ3v) is 4.72. The molecular weight excluding hydrogens is 324 g/mol. The SMILES string of the molecule is N#Cc1ccc(/C=C/C(=O)N2CCC[C@H]2c2nc3ccccc3[nH]2)cc1. The van der Waals surface area contributed by atoms with E-state index in [1.807, 2.05) is 41.3 Å². The number of amides is 1. The number of carbonyl (C=O) groups excluding carboxylic acids is 1. The molecule has 4 rings (SSSR count). The molecule has 0 bridgehead atoms. The summed E-state index contributed by atoms with van der Waals surface area (Å²) in [6.45, 7) is 0.734. The van der Waals surface area contributed by atoms with Crippen molar-refractivity contribution in [3.63, 3.8) is 0 Å². The van der Waals surface area contributed by atoms with E-state index in [2.05, 4.69) is 16.0 Å². The number of fused-ring (bicyclic) bond motifs is 1. The lowest BCUT2D eigenvalue weighted by molar-refractivity contribution is -0.126. The first-order chi connectivity index (χ1) is 12.7. The van der Waals surface area contributed by atoms with E-state index in [0.29, 0.717) is 5.56 Å². The molecule has 1 aliphatic heterocycles. The highest BCUT2D eigenvalue weighted by molar-refractivity contribution is 5.92. The number of H-pyrrole nitrogens is 1. The van der Waals surface area contributed by atoms with E-state index >= 15 is 0 Å². The number of carbonyl (C=O) groups is 1. The maximum absolute atomic E-state index is 12.7. The van der Waals surface area contributed by atoms with Crippen LogP contribution in [0.15, 0.2) is 54.6 Å². The van der Waals surface area contributed by atoms with Crippen molar-refractivity contribution in [1.29, 1.82) is 5.26 Å². The molecule has 0 unspecified atom stereocenters. The highest BCUT2D eigenvalue weighted by atomic mass is 16.2. The van der Waals surface area contributed by atoms with Crippen molar-refractivity contribution < 1.29 is 4.79 Å². The Kier molecular flexibility index (Phi) is 4.24. The number of rotatable bonds is 3. The summed E-state index contributed by atoms with van der Waals surface area (Å²) >= 11 is 0. The van der Waals surface area contributed by atoms with Crippen LogP contribution in [0.2, 0.25) is 0 Å². The summed E-state index contributed by atoms with van der Waals surface area (Å²) in [5, 5.41) is 8.84. The molecule has 1 atom stereocenters. The predicted molar refractivity (Wildman–Crippen MR) is 100.0 cm³/mol. The van der Waals surface area contributed by atoms with Crippen LogP contribution in [0.25, 0.3) is 17.1 Å². The van der Waals surface area contributed by atoms with Crippen LogP contribution in [0.3, 0.4) is 0 Å². The molecule has 5 nitrogen and oxygen atoms in total. The van der Waals surface area contributed by atoms with Gasteiger partial charge < -0.3 is 9.88 Å². The second-order valence-corrected chi connectivity index (χ2v) is 6.40. The van der Waals surface area contributed by atoms with Crippen molar-refractivity contribution >= 4 is 23.0 Å². The average molecular weight is 342 g/mol. The van der Waals surface area contributed by atoms with E-state index in [1.165, 1.54) is 0 Å². The van der Waals surface area contributed by atoms with Gasteiger partial charge in [-0.3, -0.25) is 4.79 Å². The van der Waals surface area contributed by atoms with Crippen molar-refractivity contribution in [3.8, 4) is 6.07 Å². The Bertz CT molecular complexity index is 977. The fourth-order valence-corrected chi connectivity index (χ4v) is 3.38. The number of hydrogen-bond acceptors (Lipinski definition) is 3. The summed E-state index contributed by atoms with van der Waals surface area (Å²) in [5.41, 5.74) is 3.43. The van der Waals surface area contributed by atoms with Crippen LogP contribution >= 0.6 is 0 Å². The van der Waals surface area contributed by atoms with Crippen LogP contribution in [0.4, 0.5) is 0 Å². The molecule has 1 aliphatic rings. The van der Waals surface area contributed by atoms with Gasteiger partial charge in [-0.1, -0.05) is 24.3 Å². The minimum absolute atomic E-state index is 0.0134. The Balaban J connectivity index is 1.52. The molecule has 5 heteroatoms. The van der Waals surface area contributed by atoms with Crippen molar-refractivity contribution in [2.75, 3.05) is 6.54 Å². The second-order valence-electron chi connectivity index (χ2n) is 6.40. The number of para-hydroxylation sites is 2. The zero-order chi connectivity index (χ0) is 17.9. The Hall–Kier alpha value is -3.39. The van der Waals surface area contributed by atoms with Gasteiger partial charge in [0.15, 0.2) is 0 Å². The number of nitriles is 1. The summed E-state index contributed by atoms with van der Waals surface area (Å²) in [5.74, 6) is 0.834. The number of aromatic amines is 1. The molecule has 2 heterocycles. The van der Waals surface area contributed by atoms with E-state index < -0.39 is 0 Å². The van der Waals surface area contributed by atoms with Crippen LogP contribution in [-0.4, -0.2) is 27.3 Å². The van der Waals surface area contributed by atoms with E-state index in [4.69, 9.17) is 5.26 Å². The lowest BCUT2D eigenvalue weighted by Crippen LogP contribution is -2.29. The standard InChI is InChI=1S/C21H18N4O/c22-14-16-9-7-15(8-10-16)11-12-20(26)25-13-3-6-19(25)21-23-17-4-1-2-5-18(17)24-21/h1-2,4-5,7-12,19H,3,6,13H2,(H,23,24)/b12-11+/t19-/m0/s1. The molecule has 0 radical (unpaired) electrons. The lowest BCUT2D eigenvalue weighted by Gasteiger charge is -2.21. The van der Waals surface area contributed by atoms with Gasteiger partial charge >= 0.3 is 0 Å². The molecule has 2 aromatic carbocycles. The summed E-state index contributed by atoms with van der Waals surface area (Å²) in [6, 6.07) is 17.2. The number of benzene rings is 2. The average Bonchev–Trinajstić information content (AvgIpc) is 3.32. The quantitative estimate of drug-likeness (QED) is 0.736. The molecule has 26 heavy (non-hydrogen) atoms. The Morgan fingerprint density at radius 2 is 2.04 bits per heavy atom. The number of likely N-dealkylation sites (tertiary alicyclic amines) is 1. The Morgan fingerprint density at radius 3 is 2.81 bits per heavy atom. The number of nitrogens with one attached hydrogen (secondary N) is 1. The maximum Gasteiger partial charge on any atom is 0.247 e. The van der Waals surface area contributed by atoms with Crippen molar-refractivity contribution in [2.24, 2.45) is 0 Å². The molecule has 0 saturated carbocycles. The van der Waals surface area contributed by atoms with Crippen LogP contribution in [0.5, 0.6) is 0 Å². The highest BCUT2D eigenvalue weighted by Gasteiger charge is 2.30. The first kappa shape index (κ1) is 16.1. The van der Waals surface area contributed by atoms with Gasteiger partial charge in [0.05, 0.1) is 28.7 Å². The van der Waals surface area contributed by atoms with Gasteiger partial charge in [-0.05, 0) is 48.7 Å².